The Labute approximate surface area is 169 Å². The van der Waals surface area contributed by atoms with Crippen molar-refractivity contribution >= 4 is 9.84 Å². The summed E-state index contributed by atoms with van der Waals surface area (Å²) in [6.07, 6.45) is 5.77. The number of sulfone groups is 1. The van der Waals surface area contributed by atoms with Gasteiger partial charge in [0.05, 0.1) is 17.6 Å². The van der Waals surface area contributed by atoms with Crippen LogP contribution in [0.3, 0.4) is 0 Å². The average Bonchev–Trinajstić information content (AvgIpc) is 2.65. The van der Waals surface area contributed by atoms with E-state index >= 15 is 0 Å². The molecule has 1 saturated carbocycles. The number of aryl methyl sites for hydroxylation is 1. The molecule has 1 heterocycles. The summed E-state index contributed by atoms with van der Waals surface area (Å²) >= 11 is 0. The fourth-order valence-electron chi connectivity index (χ4n) is 2.92. The van der Waals surface area contributed by atoms with Crippen molar-refractivity contribution in [3.63, 3.8) is 0 Å². The summed E-state index contributed by atoms with van der Waals surface area (Å²) in [5.41, 5.74) is -0.0924. The zero-order chi connectivity index (χ0) is 20.7. The van der Waals surface area contributed by atoms with Crippen molar-refractivity contribution < 1.29 is 17.9 Å². The minimum Gasteiger partial charge on any atom is -0.490 e. The third-order valence-corrected chi connectivity index (χ3v) is 6.56. The van der Waals surface area contributed by atoms with Gasteiger partial charge in [0.15, 0.2) is 9.84 Å². The predicted octanol–water partition coefficient (Wildman–Crippen LogP) is 1.49. The van der Waals surface area contributed by atoms with E-state index in [0.29, 0.717) is 18.9 Å². The Morgan fingerprint density at radius 3 is 2.69 bits per heavy atom. The first-order valence-electron chi connectivity index (χ1n) is 9.75. The molecule has 1 aromatic carbocycles. The van der Waals surface area contributed by atoms with Gasteiger partial charge in [0.1, 0.15) is 12.5 Å². The first-order chi connectivity index (χ1) is 13.9. The molecule has 0 spiro atoms. The second-order valence-corrected chi connectivity index (χ2v) is 9.49. The Morgan fingerprint density at radius 2 is 1.97 bits per heavy atom. The fraction of sp³-hybridized carbons (Fsp3) is 0.500. The zero-order valence-electron chi connectivity index (χ0n) is 16.2. The number of ether oxygens (including phenoxy) is 2. The second-order valence-electron chi connectivity index (χ2n) is 7.19. The lowest BCUT2D eigenvalue weighted by Crippen LogP contribution is -2.29. The number of rotatable bonds is 11. The first-order valence-corrected chi connectivity index (χ1v) is 11.6. The van der Waals surface area contributed by atoms with Crippen LogP contribution in [0.5, 0.6) is 5.75 Å². The van der Waals surface area contributed by atoms with E-state index in [1.807, 2.05) is 24.3 Å². The standard InChI is InChI=1S/C20H26N2O6S/c23-19-8-10-22(20(24)21-19)15-27-11-3-12-29(25,26)13-9-16-4-1-7-18(14-16)28-17-5-2-6-17/h1,4,7-8,10,14,17H,2-3,5-6,9,11-13,15H2,(H,21,23,24). The molecule has 1 N–H and O–H groups in total. The van der Waals surface area contributed by atoms with Crippen LogP contribution >= 0.6 is 0 Å². The van der Waals surface area contributed by atoms with Gasteiger partial charge in [-0.3, -0.25) is 14.3 Å². The highest BCUT2D eigenvalue weighted by atomic mass is 32.2. The molecule has 0 radical (unpaired) electrons. The average molecular weight is 423 g/mol. The van der Waals surface area contributed by atoms with Gasteiger partial charge in [-0.15, -0.1) is 0 Å². The van der Waals surface area contributed by atoms with Crippen molar-refractivity contribution in [2.45, 2.75) is 44.9 Å². The molecule has 9 heteroatoms. The highest BCUT2D eigenvalue weighted by Gasteiger charge is 2.19. The van der Waals surface area contributed by atoms with Crippen LogP contribution in [0.25, 0.3) is 0 Å². The summed E-state index contributed by atoms with van der Waals surface area (Å²) in [7, 11) is -3.20. The van der Waals surface area contributed by atoms with Crippen LogP contribution < -0.4 is 16.0 Å². The van der Waals surface area contributed by atoms with Crippen LogP contribution in [0, 0.1) is 0 Å². The van der Waals surface area contributed by atoms with E-state index in [-0.39, 0.29) is 24.8 Å². The molecule has 1 aromatic heterocycles. The maximum Gasteiger partial charge on any atom is 0.330 e. The number of nitrogens with zero attached hydrogens (tertiary/aromatic N) is 1. The molecule has 3 rings (SSSR count). The third-order valence-electron chi connectivity index (χ3n) is 4.83. The van der Waals surface area contributed by atoms with E-state index < -0.39 is 21.1 Å². The number of hydrogen-bond donors (Lipinski definition) is 1. The number of nitrogens with one attached hydrogen (secondary N) is 1. The molecular weight excluding hydrogens is 396 g/mol. The lowest BCUT2D eigenvalue weighted by atomic mass is 9.96. The molecule has 0 amide bonds. The Morgan fingerprint density at radius 1 is 1.14 bits per heavy atom. The van der Waals surface area contributed by atoms with Crippen molar-refractivity contribution in [1.29, 1.82) is 0 Å². The maximum atomic E-state index is 12.3. The minimum atomic E-state index is -3.20. The predicted molar refractivity (Wildman–Crippen MR) is 109 cm³/mol. The molecule has 158 valence electrons. The van der Waals surface area contributed by atoms with Crippen LogP contribution in [0.4, 0.5) is 0 Å². The summed E-state index contributed by atoms with van der Waals surface area (Å²) in [5, 5.41) is 0. The zero-order valence-corrected chi connectivity index (χ0v) is 17.0. The molecule has 0 atom stereocenters. The van der Waals surface area contributed by atoms with Gasteiger partial charge in [-0.1, -0.05) is 12.1 Å². The van der Waals surface area contributed by atoms with E-state index in [2.05, 4.69) is 4.98 Å². The molecule has 0 saturated heterocycles. The van der Waals surface area contributed by atoms with Crippen LogP contribution in [-0.2, 0) is 27.7 Å². The Hall–Kier alpha value is -2.39. The number of aromatic amines is 1. The van der Waals surface area contributed by atoms with Crippen molar-refractivity contribution in [2.24, 2.45) is 0 Å². The summed E-state index contributed by atoms with van der Waals surface area (Å²) in [6, 6.07) is 8.85. The lowest BCUT2D eigenvalue weighted by Gasteiger charge is -2.26. The Balaban J connectivity index is 1.38. The van der Waals surface area contributed by atoms with Gasteiger partial charge >= 0.3 is 5.69 Å². The molecule has 2 aromatic rings. The van der Waals surface area contributed by atoms with E-state index in [1.165, 1.54) is 23.3 Å². The fourth-order valence-corrected chi connectivity index (χ4v) is 4.23. The van der Waals surface area contributed by atoms with Crippen LogP contribution in [0.1, 0.15) is 31.2 Å². The van der Waals surface area contributed by atoms with Gasteiger partial charge in [0.25, 0.3) is 5.56 Å². The van der Waals surface area contributed by atoms with Crippen molar-refractivity contribution in [1.82, 2.24) is 9.55 Å². The normalized spacial score (nSPS) is 14.5. The summed E-state index contributed by atoms with van der Waals surface area (Å²) in [4.78, 5) is 24.6. The lowest BCUT2D eigenvalue weighted by molar-refractivity contribution is 0.0745. The summed E-state index contributed by atoms with van der Waals surface area (Å²) in [6.45, 7) is 0.166. The van der Waals surface area contributed by atoms with Crippen LogP contribution in [-0.4, -0.2) is 42.2 Å². The molecule has 1 fully saturated rings. The highest BCUT2D eigenvalue weighted by molar-refractivity contribution is 7.91. The van der Waals surface area contributed by atoms with Crippen LogP contribution in [0.15, 0.2) is 46.1 Å². The van der Waals surface area contributed by atoms with Crippen LogP contribution in [0.2, 0.25) is 0 Å². The van der Waals surface area contributed by atoms with Crippen molar-refractivity contribution in [3.05, 3.63) is 62.9 Å². The summed E-state index contributed by atoms with van der Waals surface area (Å²) < 4.78 is 36.9. The maximum absolute atomic E-state index is 12.3. The molecule has 1 aliphatic rings. The quantitative estimate of drug-likeness (QED) is 0.550. The molecular formula is C20H26N2O6S. The molecule has 29 heavy (non-hydrogen) atoms. The van der Waals surface area contributed by atoms with E-state index in [9.17, 15) is 18.0 Å². The first kappa shape index (κ1) is 21.3. The molecule has 1 aliphatic carbocycles. The van der Waals surface area contributed by atoms with Gasteiger partial charge in [0, 0.05) is 18.9 Å². The Bertz CT molecular complexity index is 1020. The number of benzene rings is 1. The minimum absolute atomic E-state index is 0.0196. The third kappa shape index (κ3) is 6.86. The van der Waals surface area contributed by atoms with Crippen molar-refractivity contribution in [2.75, 3.05) is 18.1 Å². The van der Waals surface area contributed by atoms with E-state index in [1.54, 1.807) is 0 Å². The van der Waals surface area contributed by atoms with Gasteiger partial charge in [-0.25, -0.2) is 13.2 Å². The SMILES string of the molecule is O=c1ccn(COCCCS(=O)(=O)CCc2cccc(OC3CCC3)c2)c(=O)[nH]1. The molecule has 0 aliphatic heterocycles. The monoisotopic (exact) mass is 422 g/mol. The summed E-state index contributed by atoms with van der Waals surface area (Å²) in [5.74, 6) is 0.890. The second kappa shape index (κ2) is 9.89. The van der Waals surface area contributed by atoms with Gasteiger partial charge in [-0.05, 0) is 49.8 Å². The number of H-pyrrole nitrogens is 1. The highest BCUT2D eigenvalue weighted by Crippen LogP contribution is 2.25. The van der Waals surface area contributed by atoms with Gasteiger partial charge in [-0.2, -0.15) is 0 Å². The number of hydrogen-bond acceptors (Lipinski definition) is 6. The van der Waals surface area contributed by atoms with E-state index in [0.717, 1.165) is 24.2 Å². The van der Waals surface area contributed by atoms with E-state index in [4.69, 9.17) is 9.47 Å². The smallest absolute Gasteiger partial charge is 0.330 e. The topological polar surface area (TPSA) is 107 Å². The number of aromatic nitrogens is 2. The molecule has 0 bridgehead atoms. The molecule has 8 nitrogen and oxygen atoms in total. The van der Waals surface area contributed by atoms with Gasteiger partial charge < -0.3 is 9.47 Å². The Kier molecular flexibility index (Phi) is 7.27. The molecule has 0 unspecified atom stereocenters. The largest absolute Gasteiger partial charge is 0.490 e. The van der Waals surface area contributed by atoms with Crippen molar-refractivity contribution in [3.8, 4) is 5.75 Å². The van der Waals surface area contributed by atoms with Gasteiger partial charge in [0.2, 0.25) is 0 Å².